The Hall–Kier alpha value is -1.96. The zero-order chi connectivity index (χ0) is 9.97. The van der Waals surface area contributed by atoms with Gasteiger partial charge in [-0.25, -0.2) is 0 Å². The zero-order valence-electron chi connectivity index (χ0n) is 6.80. The number of amides is 1. The fraction of sp³-hybridized carbons (Fsp3) is 0. The average Bonchev–Trinajstić information content (AvgIpc) is 2.75. The summed E-state index contributed by atoms with van der Waals surface area (Å²) in [7, 11) is 0. The minimum atomic E-state index is -0.387. The van der Waals surface area contributed by atoms with E-state index in [0.29, 0.717) is 5.69 Å². The molecule has 0 fully saturated rings. The van der Waals surface area contributed by atoms with Crippen molar-refractivity contribution < 1.29 is 9.32 Å². The van der Waals surface area contributed by atoms with E-state index in [9.17, 15) is 4.79 Å². The van der Waals surface area contributed by atoms with E-state index in [4.69, 9.17) is 5.73 Å². The summed E-state index contributed by atoms with van der Waals surface area (Å²) in [5.74, 6) is -0.387. The van der Waals surface area contributed by atoms with Crippen LogP contribution in [-0.2, 0) is 0 Å². The number of hydrogen-bond donors (Lipinski definition) is 2. The molecule has 2 rings (SSSR count). The van der Waals surface area contributed by atoms with Crippen molar-refractivity contribution in [2.45, 2.75) is 0 Å². The molecule has 14 heavy (non-hydrogen) atoms. The molecule has 1 amide bonds. The van der Waals surface area contributed by atoms with E-state index in [-0.39, 0.29) is 16.0 Å². The predicted molar refractivity (Wildman–Crippen MR) is 48.8 cm³/mol. The maximum atomic E-state index is 11.4. The van der Waals surface area contributed by atoms with Gasteiger partial charge in [-0.3, -0.25) is 4.79 Å². The van der Waals surface area contributed by atoms with E-state index >= 15 is 0 Å². The molecule has 0 saturated heterocycles. The molecule has 0 radical (unpaired) electrons. The van der Waals surface area contributed by atoms with Gasteiger partial charge >= 0.3 is 0 Å². The summed E-state index contributed by atoms with van der Waals surface area (Å²) in [4.78, 5) is 11.4. The molecule has 0 spiro atoms. The smallest absolute Gasteiger partial charge is 0.286 e. The van der Waals surface area contributed by atoms with E-state index in [1.165, 1.54) is 12.5 Å². The van der Waals surface area contributed by atoms with Crippen LogP contribution >= 0.6 is 11.3 Å². The molecular weight excluding hydrogens is 206 g/mol. The topological polar surface area (TPSA) is 107 Å². The molecule has 72 valence electrons. The van der Waals surface area contributed by atoms with Crippen LogP contribution < -0.4 is 11.1 Å². The fourth-order valence-corrected chi connectivity index (χ4v) is 1.28. The van der Waals surface area contributed by atoms with E-state index < -0.39 is 0 Å². The lowest BCUT2D eigenvalue weighted by atomic mass is 10.5. The second-order valence-electron chi connectivity index (χ2n) is 2.31. The van der Waals surface area contributed by atoms with Gasteiger partial charge in [0.25, 0.3) is 5.91 Å². The number of anilines is 2. The van der Waals surface area contributed by atoms with E-state index in [1.807, 2.05) is 0 Å². The van der Waals surface area contributed by atoms with Crippen LogP contribution in [0.25, 0.3) is 0 Å². The van der Waals surface area contributed by atoms with E-state index in [2.05, 4.69) is 25.2 Å². The van der Waals surface area contributed by atoms with Gasteiger partial charge < -0.3 is 15.6 Å². The molecule has 2 aromatic rings. The summed E-state index contributed by atoms with van der Waals surface area (Å²) < 4.78 is 4.53. The second kappa shape index (κ2) is 3.42. The molecule has 0 aromatic carbocycles. The number of carbonyl (C=O) groups is 1. The van der Waals surface area contributed by atoms with Crippen molar-refractivity contribution in [3.63, 3.8) is 0 Å². The van der Waals surface area contributed by atoms with Crippen molar-refractivity contribution in [2.24, 2.45) is 0 Å². The minimum absolute atomic E-state index is 0.198. The fourth-order valence-electron chi connectivity index (χ4n) is 0.777. The normalized spacial score (nSPS) is 10.0. The third-order valence-corrected chi connectivity index (χ3v) is 2.08. The number of hydrogen-bond acceptors (Lipinski definition) is 7. The first kappa shape index (κ1) is 8.63. The molecule has 2 heterocycles. The molecular formula is C6H5N5O2S. The van der Waals surface area contributed by atoms with Gasteiger partial charge in [0, 0.05) is 0 Å². The first-order valence-corrected chi connectivity index (χ1v) is 4.37. The maximum Gasteiger partial charge on any atom is 0.286 e. The van der Waals surface area contributed by atoms with Crippen LogP contribution in [0.4, 0.5) is 10.8 Å². The van der Waals surface area contributed by atoms with Crippen molar-refractivity contribution >= 4 is 28.1 Å². The van der Waals surface area contributed by atoms with Gasteiger partial charge in [0.05, 0.1) is 6.20 Å². The first-order valence-electron chi connectivity index (χ1n) is 3.55. The molecule has 0 unspecified atom stereocenters. The van der Waals surface area contributed by atoms with Crippen molar-refractivity contribution in [1.82, 2.24) is 15.4 Å². The van der Waals surface area contributed by atoms with Gasteiger partial charge in [0.1, 0.15) is 12.0 Å². The van der Waals surface area contributed by atoms with Crippen molar-refractivity contribution in [1.29, 1.82) is 0 Å². The third-order valence-electron chi connectivity index (χ3n) is 1.33. The summed E-state index contributed by atoms with van der Waals surface area (Å²) in [5, 5.41) is 13.5. The molecule has 8 heteroatoms. The highest BCUT2D eigenvalue weighted by Crippen LogP contribution is 2.13. The van der Waals surface area contributed by atoms with Crippen LogP contribution in [0.15, 0.2) is 17.0 Å². The molecule has 7 nitrogen and oxygen atoms in total. The molecule has 3 N–H and O–H groups in total. The van der Waals surface area contributed by atoms with Gasteiger partial charge in [0.15, 0.2) is 0 Å². The minimum Gasteiger partial charge on any atom is -0.374 e. The van der Waals surface area contributed by atoms with Crippen LogP contribution in [0.2, 0.25) is 0 Å². The number of nitrogens with two attached hydrogens (primary N) is 1. The van der Waals surface area contributed by atoms with E-state index in [1.54, 1.807) is 0 Å². The number of nitrogens with one attached hydrogen (secondary N) is 1. The van der Waals surface area contributed by atoms with Crippen LogP contribution in [0.5, 0.6) is 0 Å². The Labute approximate surface area is 81.9 Å². The summed E-state index contributed by atoms with van der Waals surface area (Å²) in [6, 6.07) is 0. The van der Waals surface area contributed by atoms with E-state index in [0.717, 1.165) is 11.3 Å². The van der Waals surface area contributed by atoms with Crippen molar-refractivity contribution in [3.8, 4) is 0 Å². The summed E-state index contributed by atoms with van der Waals surface area (Å²) >= 11 is 1.01. The molecule has 0 bridgehead atoms. The van der Waals surface area contributed by atoms with Gasteiger partial charge in [-0.1, -0.05) is 16.5 Å². The molecule has 0 atom stereocenters. The second-order valence-corrected chi connectivity index (χ2v) is 3.32. The summed E-state index contributed by atoms with van der Waals surface area (Å²) in [6.45, 7) is 0. The van der Waals surface area contributed by atoms with Crippen LogP contribution in [-0.4, -0.2) is 21.3 Å². The van der Waals surface area contributed by atoms with Crippen LogP contribution in [0.3, 0.4) is 0 Å². The lowest BCUT2D eigenvalue weighted by Gasteiger charge is -1.94. The molecule has 0 aliphatic rings. The standard InChI is InChI=1S/C6H5N5O2S/c7-6-11-10-5(14-6)4(12)9-3-1-8-13-2-3/h1-2H,(H2,7,11)(H,9,12). The van der Waals surface area contributed by atoms with Crippen molar-refractivity contribution in [3.05, 3.63) is 17.5 Å². The number of nitrogens with zero attached hydrogens (tertiary/aromatic N) is 3. The summed E-state index contributed by atoms with van der Waals surface area (Å²) in [6.07, 6.45) is 2.69. The Morgan fingerprint density at radius 2 is 2.43 bits per heavy atom. The Bertz CT molecular complexity index is 437. The van der Waals surface area contributed by atoms with Gasteiger partial charge in [-0.2, -0.15) is 0 Å². The Balaban J connectivity index is 2.10. The Morgan fingerprint density at radius 3 is 3.00 bits per heavy atom. The molecule has 0 aliphatic heterocycles. The first-order chi connectivity index (χ1) is 6.75. The average molecular weight is 211 g/mol. The zero-order valence-corrected chi connectivity index (χ0v) is 7.61. The molecule has 0 saturated carbocycles. The predicted octanol–water partition coefficient (Wildman–Crippen LogP) is 0.361. The monoisotopic (exact) mass is 211 g/mol. The maximum absolute atomic E-state index is 11.4. The number of aromatic nitrogens is 3. The van der Waals surface area contributed by atoms with Gasteiger partial charge in [-0.05, 0) is 0 Å². The summed E-state index contributed by atoms with van der Waals surface area (Å²) in [5.41, 5.74) is 5.79. The largest absolute Gasteiger partial charge is 0.374 e. The van der Waals surface area contributed by atoms with Crippen LogP contribution in [0, 0.1) is 0 Å². The van der Waals surface area contributed by atoms with Gasteiger partial charge in [-0.15, -0.1) is 10.2 Å². The third kappa shape index (κ3) is 1.69. The molecule has 2 aromatic heterocycles. The lowest BCUT2D eigenvalue weighted by molar-refractivity contribution is 0.102. The number of carbonyl (C=O) groups excluding carboxylic acids is 1. The highest BCUT2D eigenvalue weighted by molar-refractivity contribution is 7.16. The SMILES string of the molecule is Nc1nnc(C(=O)Nc2cnoc2)s1. The Kier molecular flexibility index (Phi) is 2.11. The molecule has 0 aliphatic carbocycles. The quantitative estimate of drug-likeness (QED) is 0.742. The van der Waals surface area contributed by atoms with Gasteiger partial charge in [0.2, 0.25) is 10.1 Å². The van der Waals surface area contributed by atoms with Crippen molar-refractivity contribution in [2.75, 3.05) is 11.1 Å². The number of nitrogen functional groups attached to an aromatic ring is 1. The lowest BCUT2D eigenvalue weighted by Crippen LogP contribution is -2.10. The number of rotatable bonds is 2. The van der Waals surface area contributed by atoms with Crippen LogP contribution in [0.1, 0.15) is 9.80 Å². The highest BCUT2D eigenvalue weighted by Gasteiger charge is 2.12. The highest BCUT2D eigenvalue weighted by atomic mass is 32.1. The Morgan fingerprint density at radius 1 is 1.57 bits per heavy atom.